The van der Waals surface area contributed by atoms with E-state index in [9.17, 15) is 10.1 Å². The molecule has 0 aliphatic carbocycles. The number of anilines is 1. The molecule has 0 saturated heterocycles. The van der Waals surface area contributed by atoms with Gasteiger partial charge in [-0.1, -0.05) is 29.8 Å². The lowest BCUT2D eigenvalue weighted by Gasteiger charge is -1.99. The average Bonchev–Trinajstić information content (AvgIpc) is 2.39. The van der Waals surface area contributed by atoms with E-state index in [-0.39, 0.29) is 5.69 Å². The number of nitro groups is 1. The molecule has 0 amide bonds. The number of hydrogen-bond donors (Lipinski definition) is 1. The van der Waals surface area contributed by atoms with Crippen LogP contribution in [0.1, 0.15) is 5.56 Å². The Balaban J connectivity index is 2.06. The first-order valence-corrected chi connectivity index (χ1v) is 5.82. The zero-order valence-corrected chi connectivity index (χ0v) is 10.5. The highest BCUT2D eigenvalue weighted by atomic mass is 35.5. The van der Waals surface area contributed by atoms with Crippen molar-refractivity contribution >= 4 is 29.2 Å². The van der Waals surface area contributed by atoms with Gasteiger partial charge in [0.2, 0.25) is 0 Å². The van der Waals surface area contributed by atoms with Crippen molar-refractivity contribution in [1.82, 2.24) is 0 Å². The van der Waals surface area contributed by atoms with Crippen LogP contribution in [-0.2, 0) is 0 Å². The summed E-state index contributed by atoms with van der Waals surface area (Å²) in [4.78, 5) is 10.2. The van der Waals surface area contributed by atoms with Crippen LogP contribution in [-0.4, -0.2) is 11.1 Å². The number of benzene rings is 2. The Labute approximate surface area is 114 Å². The molecule has 0 fully saturated rings. The molecule has 0 radical (unpaired) electrons. The van der Waals surface area contributed by atoms with Crippen LogP contribution in [0, 0.1) is 10.1 Å². The van der Waals surface area contributed by atoms with E-state index < -0.39 is 4.92 Å². The van der Waals surface area contributed by atoms with Crippen molar-refractivity contribution in [3.63, 3.8) is 0 Å². The molecule has 2 rings (SSSR count). The minimum Gasteiger partial charge on any atom is -0.278 e. The van der Waals surface area contributed by atoms with Gasteiger partial charge in [-0.05, 0) is 23.8 Å². The first-order valence-electron chi connectivity index (χ1n) is 5.44. The molecule has 5 nitrogen and oxygen atoms in total. The molecular formula is C13H10ClN3O2. The summed E-state index contributed by atoms with van der Waals surface area (Å²) in [6.07, 6.45) is 1.59. The predicted octanol–water partition coefficient (Wildman–Crippen LogP) is 3.69. The van der Waals surface area contributed by atoms with Crippen LogP contribution >= 0.6 is 11.6 Å². The number of halogens is 1. The first kappa shape index (κ1) is 13.0. The van der Waals surface area contributed by atoms with Gasteiger partial charge in [-0.15, -0.1) is 0 Å². The minimum absolute atomic E-state index is 0.0166. The molecular weight excluding hydrogens is 266 g/mol. The van der Waals surface area contributed by atoms with Crippen LogP contribution in [0.4, 0.5) is 11.4 Å². The molecule has 0 aliphatic rings. The van der Waals surface area contributed by atoms with Gasteiger partial charge in [-0.25, -0.2) is 0 Å². The number of nitrogens with one attached hydrogen (secondary N) is 1. The van der Waals surface area contributed by atoms with Gasteiger partial charge in [0.25, 0.3) is 5.69 Å². The molecule has 19 heavy (non-hydrogen) atoms. The Morgan fingerprint density at radius 1 is 1.21 bits per heavy atom. The smallest absolute Gasteiger partial charge is 0.271 e. The maximum absolute atomic E-state index is 10.6. The van der Waals surface area contributed by atoms with Crippen molar-refractivity contribution in [2.45, 2.75) is 0 Å². The van der Waals surface area contributed by atoms with Crippen LogP contribution in [0.2, 0.25) is 5.02 Å². The third-order valence-corrected chi connectivity index (χ3v) is 2.55. The predicted molar refractivity (Wildman–Crippen MR) is 75.8 cm³/mol. The quantitative estimate of drug-likeness (QED) is 0.525. The van der Waals surface area contributed by atoms with Crippen LogP contribution in [0.15, 0.2) is 53.6 Å². The van der Waals surface area contributed by atoms with Gasteiger partial charge in [0.15, 0.2) is 0 Å². The van der Waals surface area contributed by atoms with Gasteiger partial charge in [0.05, 0.1) is 16.8 Å². The number of hydrogen-bond acceptors (Lipinski definition) is 4. The average molecular weight is 276 g/mol. The molecule has 96 valence electrons. The number of hydrazone groups is 1. The van der Waals surface area contributed by atoms with Crippen LogP contribution in [0.5, 0.6) is 0 Å². The molecule has 0 spiro atoms. The zero-order chi connectivity index (χ0) is 13.7. The molecule has 0 saturated carbocycles. The molecule has 6 heteroatoms. The van der Waals surface area contributed by atoms with Crippen molar-refractivity contribution in [2.75, 3.05) is 5.43 Å². The maximum atomic E-state index is 10.6. The molecule has 0 aromatic heterocycles. The fourth-order valence-electron chi connectivity index (χ4n) is 1.46. The molecule has 2 aromatic rings. The Kier molecular flexibility index (Phi) is 4.10. The van der Waals surface area contributed by atoms with Gasteiger partial charge in [-0.3, -0.25) is 15.5 Å². The van der Waals surface area contributed by atoms with E-state index in [1.165, 1.54) is 12.1 Å². The Morgan fingerprint density at radius 3 is 2.74 bits per heavy atom. The van der Waals surface area contributed by atoms with E-state index >= 15 is 0 Å². The number of nitro benzene ring substituents is 1. The van der Waals surface area contributed by atoms with Crippen molar-refractivity contribution in [3.05, 3.63) is 69.2 Å². The SMILES string of the molecule is O=[N+]([O-])c1cccc(N/N=C/c2cccc(Cl)c2)c1. The summed E-state index contributed by atoms with van der Waals surface area (Å²) in [7, 11) is 0. The van der Waals surface area contributed by atoms with E-state index in [2.05, 4.69) is 10.5 Å². The molecule has 0 atom stereocenters. The summed E-state index contributed by atoms with van der Waals surface area (Å²) in [5.41, 5.74) is 4.13. The first-order chi connectivity index (χ1) is 9.15. The van der Waals surface area contributed by atoms with Crippen molar-refractivity contribution in [3.8, 4) is 0 Å². The summed E-state index contributed by atoms with van der Waals surface area (Å²) < 4.78 is 0. The van der Waals surface area contributed by atoms with Gasteiger partial charge in [0, 0.05) is 17.2 Å². The minimum atomic E-state index is -0.453. The third-order valence-electron chi connectivity index (χ3n) is 2.31. The Morgan fingerprint density at radius 2 is 2.00 bits per heavy atom. The Bertz CT molecular complexity index is 629. The van der Waals surface area contributed by atoms with Gasteiger partial charge in [0.1, 0.15) is 0 Å². The molecule has 0 unspecified atom stereocenters. The second-order valence-corrected chi connectivity index (χ2v) is 4.17. The van der Waals surface area contributed by atoms with Gasteiger partial charge in [-0.2, -0.15) is 5.10 Å². The summed E-state index contributed by atoms with van der Waals surface area (Å²) >= 11 is 5.84. The van der Waals surface area contributed by atoms with Gasteiger partial charge >= 0.3 is 0 Å². The topological polar surface area (TPSA) is 67.5 Å². The molecule has 0 bridgehead atoms. The van der Waals surface area contributed by atoms with Crippen LogP contribution in [0.25, 0.3) is 0 Å². The van der Waals surface area contributed by atoms with Crippen LogP contribution in [0.3, 0.4) is 0 Å². The van der Waals surface area contributed by atoms with Crippen molar-refractivity contribution in [1.29, 1.82) is 0 Å². The summed E-state index contributed by atoms with van der Waals surface area (Å²) in [5, 5.41) is 15.2. The second kappa shape index (κ2) is 5.97. The summed E-state index contributed by atoms with van der Waals surface area (Å²) in [5.74, 6) is 0. The van der Waals surface area contributed by atoms with E-state index in [1.54, 1.807) is 30.5 Å². The standard InChI is InChI=1S/C13H10ClN3O2/c14-11-4-1-3-10(7-11)9-15-16-12-5-2-6-13(8-12)17(18)19/h1-9,16H/b15-9+. The summed E-state index contributed by atoms with van der Waals surface area (Å²) in [6, 6.07) is 13.3. The Hall–Kier alpha value is -2.40. The van der Waals surface area contributed by atoms with E-state index in [1.807, 2.05) is 12.1 Å². The number of rotatable bonds is 4. The van der Waals surface area contributed by atoms with E-state index in [4.69, 9.17) is 11.6 Å². The fraction of sp³-hybridized carbons (Fsp3) is 0. The highest BCUT2D eigenvalue weighted by Crippen LogP contribution is 2.17. The monoisotopic (exact) mass is 275 g/mol. The highest BCUT2D eigenvalue weighted by molar-refractivity contribution is 6.30. The largest absolute Gasteiger partial charge is 0.278 e. The lowest BCUT2D eigenvalue weighted by atomic mass is 10.2. The van der Waals surface area contributed by atoms with Crippen molar-refractivity contribution in [2.24, 2.45) is 5.10 Å². The van der Waals surface area contributed by atoms with Gasteiger partial charge < -0.3 is 0 Å². The number of non-ortho nitro benzene ring substituents is 1. The lowest BCUT2D eigenvalue weighted by Crippen LogP contribution is -1.93. The third kappa shape index (κ3) is 3.79. The van der Waals surface area contributed by atoms with Crippen molar-refractivity contribution < 1.29 is 4.92 Å². The highest BCUT2D eigenvalue weighted by Gasteiger charge is 2.04. The fourth-order valence-corrected chi connectivity index (χ4v) is 1.66. The maximum Gasteiger partial charge on any atom is 0.271 e. The molecule has 0 aliphatic heterocycles. The summed E-state index contributed by atoms with van der Waals surface area (Å²) in [6.45, 7) is 0. The molecule has 2 aromatic carbocycles. The zero-order valence-electron chi connectivity index (χ0n) is 9.79. The lowest BCUT2D eigenvalue weighted by molar-refractivity contribution is -0.384. The van der Waals surface area contributed by atoms with E-state index in [0.717, 1.165) is 5.56 Å². The van der Waals surface area contributed by atoms with E-state index in [0.29, 0.717) is 10.7 Å². The molecule has 1 N–H and O–H groups in total. The molecule has 0 heterocycles. The normalized spacial score (nSPS) is 10.6. The van der Waals surface area contributed by atoms with Crippen LogP contribution < -0.4 is 5.43 Å². The second-order valence-electron chi connectivity index (χ2n) is 3.73. The number of nitrogens with zero attached hydrogens (tertiary/aromatic N) is 2.